The number of para-hydroxylation sites is 2. The maximum atomic E-state index is 11.2. The van der Waals surface area contributed by atoms with Crippen LogP contribution in [0.2, 0.25) is 0 Å². The zero-order chi connectivity index (χ0) is 12.4. The predicted octanol–water partition coefficient (Wildman–Crippen LogP) is 1.49. The summed E-state index contributed by atoms with van der Waals surface area (Å²) in [5, 5.41) is 0. The summed E-state index contributed by atoms with van der Waals surface area (Å²) in [5.41, 5.74) is 6.17. The van der Waals surface area contributed by atoms with Gasteiger partial charge in [-0.05, 0) is 24.4 Å². The Morgan fingerprint density at radius 1 is 1.41 bits per heavy atom. The lowest BCUT2D eigenvalue weighted by Crippen LogP contribution is -2.15. The SMILES string of the molecule is COc1ccccc1-n1c(N)cc(=O)[nH]c1=S. The van der Waals surface area contributed by atoms with Gasteiger partial charge in [-0.3, -0.25) is 14.3 Å². The molecule has 88 valence electrons. The number of nitrogens with zero attached hydrogens (tertiary/aromatic N) is 1. The normalized spacial score (nSPS) is 10.2. The molecule has 1 aromatic heterocycles. The van der Waals surface area contributed by atoms with Crippen LogP contribution in [0.1, 0.15) is 0 Å². The number of rotatable bonds is 2. The lowest BCUT2D eigenvalue weighted by molar-refractivity contribution is 0.412. The molecule has 6 heteroatoms. The first-order valence-corrected chi connectivity index (χ1v) is 5.29. The molecule has 2 rings (SSSR count). The van der Waals surface area contributed by atoms with E-state index in [1.54, 1.807) is 17.7 Å². The first-order chi connectivity index (χ1) is 8.13. The highest BCUT2D eigenvalue weighted by molar-refractivity contribution is 7.71. The zero-order valence-corrected chi connectivity index (χ0v) is 9.95. The molecule has 0 aliphatic heterocycles. The second-order valence-corrected chi connectivity index (χ2v) is 3.76. The summed E-state index contributed by atoms with van der Waals surface area (Å²) in [4.78, 5) is 13.7. The largest absolute Gasteiger partial charge is 0.495 e. The maximum absolute atomic E-state index is 11.2. The molecule has 0 bridgehead atoms. The molecule has 0 aliphatic carbocycles. The van der Waals surface area contributed by atoms with Gasteiger partial charge in [0.05, 0.1) is 12.8 Å². The molecule has 0 unspecified atom stereocenters. The molecule has 0 saturated heterocycles. The molecule has 0 atom stereocenters. The average Bonchev–Trinajstić information content (AvgIpc) is 2.28. The number of methoxy groups -OCH3 is 1. The van der Waals surface area contributed by atoms with Crippen LogP contribution < -0.4 is 16.0 Å². The molecule has 0 amide bonds. The number of nitrogen functional groups attached to an aromatic ring is 1. The maximum Gasteiger partial charge on any atom is 0.253 e. The number of aromatic amines is 1. The quantitative estimate of drug-likeness (QED) is 0.791. The first-order valence-electron chi connectivity index (χ1n) is 4.88. The number of aromatic nitrogens is 2. The Bertz CT molecular complexity index is 660. The van der Waals surface area contributed by atoms with Crippen molar-refractivity contribution in [2.24, 2.45) is 0 Å². The Morgan fingerprint density at radius 2 is 2.12 bits per heavy atom. The molecule has 1 heterocycles. The van der Waals surface area contributed by atoms with Crippen molar-refractivity contribution in [3.05, 3.63) is 45.5 Å². The number of anilines is 1. The third kappa shape index (κ3) is 2.07. The monoisotopic (exact) mass is 249 g/mol. The first kappa shape index (κ1) is 11.4. The lowest BCUT2D eigenvalue weighted by atomic mass is 10.3. The minimum atomic E-state index is -0.321. The minimum Gasteiger partial charge on any atom is -0.495 e. The highest BCUT2D eigenvalue weighted by atomic mass is 32.1. The van der Waals surface area contributed by atoms with Crippen LogP contribution in [0, 0.1) is 4.77 Å². The number of ether oxygens (including phenoxy) is 1. The third-order valence-corrected chi connectivity index (χ3v) is 2.58. The molecule has 0 saturated carbocycles. The highest BCUT2D eigenvalue weighted by Gasteiger charge is 2.08. The Morgan fingerprint density at radius 3 is 2.76 bits per heavy atom. The topological polar surface area (TPSA) is 73.0 Å². The van der Waals surface area contributed by atoms with Gasteiger partial charge in [0.25, 0.3) is 5.56 Å². The fourth-order valence-corrected chi connectivity index (χ4v) is 1.88. The Kier molecular flexibility index (Phi) is 2.97. The van der Waals surface area contributed by atoms with Crippen molar-refractivity contribution < 1.29 is 4.74 Å². The van der Waals surface area contributed by atoms with Crippen LogP contribution in [0.3, 0.4) is 0 Å². The van der Waals surface area contributed by atoms with Crippen molar-refractivity contribution in [3.63, 3.8) is 0 Å². The molecule has 0 aliphatic rings. The molecule has 2 aromatic rings. The summed E-state index contributed by atoms with van der Waals surface area (Å²) in [6, 6.07) is 8.56. The van der Waals surface area contributed by atoms with Gasteiger partial charge >= 0.3 is 0 Å². The summed E-state index contributed by atoms with van der Waals surface area (Å²) in [6.07, 6.45) is 0. The highest BCUT2D eigenvalue weighted by Crippen LogP contribution is 2.23. The lowest BCUT2D eigenvalue weighted by Gasteiger charge is -2.13. The predicted molar refractivity (Wildman–Crippen MR) is 68.2 cm³/mol. The van der Waals surface area contributed by atoms with Crippen molar-refractivity contribution in [2.75, 3.05) is 12.8 Å². The number of benzene rings is 1. The van der Waals surface area contributed by atoms with Gasteiger partial charge in [-0.15, -0.1) is 0 Å². The second-order valence-electron chi connectivity index (χ2n) is 3.37. The number of nitrogens with one attached hydrogen (secondary N) is 1. The summed E-state index contributed by atoms with van der Waals surface area (Å²) in [5.74, 6) is 0.894. The number of hydrogen-bond acceptors (Lipinski definition) is 4. The standard InChI is InChI=1S/C11H11N3O2S/c1-16-8-5-3-2-4-7(8)14-9(12)6-10(15)13-11(14)17/h2-6H,12H2,1H3,(H,13,15,17). The van der Waals surface area contributed by atoms with E-state index < -0.39 is 0 Å². The smallest absolute Gasteiger partial charge is 0.253 e. The number of nitrogens with two attached hydrogens (primary N) is 1. The van der Waals surface area contributed by atoms with Crippen LogP contribution in [0.25, 0.3) is 5.69 Å². The van der Waals surface area contributed by atoms with Crippen LogP contribution in [0.4, 0.5) is 5.82 Å². The third-order valence-electron chi connectivity index (χ3n) is 2.30. The van der Waals surface area contributed by atoms with Gasteiger partial charge in [0.1, 0.15) is 11.6 Å². The van der Waals surface area contributed by atoms with E-state index in [1.165, 1.54) is 6.07 Å². The Hall–Kier alpha value is -2.08. The van der Waals surface area contributed by atoms with Crippen LogP contribution in [0.5, 0.6) is 5.75 Å². The van der Waals surface area contributed by atoms with Crippen molar-refractivity contribution in [1.29, 1.82) is 0 Å². The van der Waals surface area contributed by atoms with Gasteiger partial charge < -0.3 is 10.5 Å². The van der Waals surface area contributed by atoms with Gasteiger partial charge in [-0.25, -0.2) is 0 Å². The molecule has 1 aromatic carbocycles. The molecular weight excluding hydrogens is 238 g/mol. The summed E-state index contributed by atoms with van der Waals surface area (Å²) < 4.78 is 7.01. The molecule has 17 heavy (non-hydrogen) atoms. The minimum absolute atomic E-state index is 0.236. The van der Waals surface area contributed by atoms with Crippen LogP contribution in [-0.4, -0.2) is 16.7 Å². The average molecular weight is 249 g/mol. The van der Waals surface area contributed by atoms with Crippen LogP contribution in [0.15, 0.2) is 35.1 Å². The second kappa shape index (κ2) is 4.42. The van der Waals surface area contributed by atoms with E-state index in [9.17, 15) is 4.79 Å². The molecule has 3 N–H and O–H groups in total. The van der Waals surface area contributed by atoms with Crippen molar-refractivity contribution >= 4 is 18.0 Å². The van der Waals surface area contributed by atoms with E-state index in [0.29, 0.717) is 11.4 Å². The van der Waals surface area contributed by atoms with Gasteiger partial charge in [0.2, 0.25) is 0 Å². The van der Waals surface area contributed by atoms with Crippen LogP contribution >= 0.6 is 12.2 Å². The van der Waals surface area contributed by atoms with Crippen molar-refractivity contribution in [1.82, 2.24) is 9.55 Å². The fourth-order valence-electron chi connectivity index (χ4n) is 1.58. The summed E-state index contributed by atoms with van der Waals surface area (Å²) in [7, 11) is 1.56. The van der Waals surface area contributed by atoms with Crippen LogP contribution in [-0.2, 0) is 0 Å². The molecule has 5 nitrogen and oxygen atoms in total. The summed E-state index contributed by atoms with van der Waals surface area (Å²) >= 11 is 5.09. The van der Waals surface area contributed by atoms with Gasteiger partial charge in [0.15, 0.2) is 4.77 Å². The Balaban J connectivity index is 2.77. The number of H-pyrrole nitrogens is 1. The van der Waals surface area contributed by atoms with Gasteiger partial charge in [0, 0.05) is 6.07 Å². The van der Waals surface area contributed by atoms with Gasteiger partial charge in [-0.2, -0.15) is 0 Å². The molecule has 0 radical (unpaired) electrons. The van der Waals surface area contributed by atoms with Crippen molar-refractivity contribution in [3.8, 4) is 11.4 Å². The molecule has 0 spiro atoms. The molecule has 0 fully saturated rings. The van der Waals surface area contributed by atoms with E-state index >= 15 is 0 Å². The molecular formula is C11H11N3O2S. The van der Waals surface area contributed by atoms with E-state index in [0.717, 1.165) is 0 Å². The van der Waals surface area contributed by atoms with E-state index in [1.807, 2.05) is 18.2 Å². The fraction of sp³-hybridized carbons (Fsp3) is 0.0909. The van der Waals surface area contributed by atoms with E-state index in [2.05, 4.69) is 4.98 Å². The van der Waals surface area contributed by atoms with Crippen molar-refractivity contribution in [2.45, 2.75) is 0 Å². The Labute approximate surface area is 102 Å². The zero-order valence-electron chi connectivity index (χ0n) is 9.14. The van der Waals surface area contributed by atoms with Gasteiger partial charge in [-0.1, -0.05) is 12.1 Å². The van der Waals surface area contributed by atoms with E-state index in [4.69, 9.17) is 22.7 Å². The number of hydrogen-bond donors (Lipinski definition) is 2. The van der Waals surface area contributed by atoms with E-state index in [-0.39, 0.29) is 16.1 Å². The summed E-state index contributed by atoms with van der Waals surface area (Å²) in [6.45, 7) is 0.